The van der Waals surface area contributed by atoms with Gasteiger partial charge in [0.05, 0.1) is 12.1 Å². The van der Waals surface area contributed by atoms with Gasteiger partial charge >= 0.3 is 0 Å². The summed E-state index contributed by atoms with van der Waals surface area (Å²) < 4.78 is 1.81. The first-order valence-electron chi connectivity index (χ1n) is 9.12. The predicted octanol–water partition coefficient (Wildman–Crippen LogP) is 2.06. The Kier molecular flexibility index (Phi) is 5.36. The van der Waals surface area contributed by atoms with Crippen molar-refractivity contribution in [2.45, 2.75) is 44.9 Å². The summed E-state index contributed by atoms with van der Waals surface area (Å²) in [7, 11) is 1.92. The van der Waals surface area contributed by atoms with Crippen LogP contribution in [-0.4, -0.2) is 35.3 Å². The number of hydrogen-bond acceptors (Lipinski definition) is 3. The molecule has 2 N–H and O–H groups in total. The van der Waals surface area contributed by atoms with Crippen LogP contribution >= 0.6 is 0 Å². The third-order valence-electron chi connectivity index (χ3n) is 5.81. The van der Waals surface area contributed by atoms with E-state index >= 15 is 0 Å². The molecule has 3 rings (SSSR count). The van der Waals surface area contributed by atoms with Gasteiger partial charge in [-0.1, -0.05) is 32.6 Å². The van der Waals surface area contributed by atoms with Gasteiger partial charge in [-0.25, -0.2) is 0 Å². The Labute approximate surface area is 139 Å². The van der Waals surface area contributed by atoms with Crippen LogP contribution in [0.1, 0.15) is 50.5 Å². The summed E-state index contributed by atoms with van der Waals surface area (Å²) in [5, 5.41) is 10.8. The van der Waals surface area contributed by atoms with E-state index in [1.807, 2.05) is 24.1 Å². The molecule has 5 nitrogen and oxygen atoms in total. The molecule has 0 bridgehead atoms. The highest BCUT2D eigenvalue weighted by molar-refractivity contribution is 5.80. The molecule has 0 radical (unpaired) electrons. The van der Waals surface area contributed by atoms with E-state index in [-0.39, 0.29) is 17.7 Å². The Morgan fingerprint density at radius 1 is 1.39 bits per heavy atom. The van der Waals surface area contributed by atoms with Crippen molar-refractivity contribution in [1.82, 2.24) is 20.4 Å². The second-order valence-electron chi connectivity index (χ2n) is 7.42. The van der Waals surface area contributed by atoms with Gasteiger partial charge in [-0.2, -0.15) is 5.10 Å². The number of rotatable bonds is 5. The standard InChI is InChI=1S/C18H30N4O/c1-13-5-3-4-6-14(13)7-8-20-18(23)17-11-19-10-16(17)15-9-21-22(2)12-15/h9,12-14,16-17,19H,3-8,10-11H2,1-2H3,(H,20,23)/t13?,14?,16-,17+/m1/s1. The van der Waals surface area contributed by atoms with Crippen molar-refractivity contribution in [3.05, 3.63) is 18.0 Å². The minimum atomic E-state index is 0.0305. The first-order chi connectivity index (χ1) is 11.1. The Morgan fingerprint density at radius 2 is 2.22 bits per heavy atom. The molecule has 1 saturated heterocycles. The maximum atomic E-state index is 12.6. The van der Waals surface area contributed by atoms with Gasteiger partial charge in [0.1, 0.15) is 0 Å². The summed E-state index contributed by atoms with van der Waals surface area (Å²) in [6.45, 7) is 4.82. The van der Waals surface area contributed by atoms with Gasteiger partial charge in [-0.05, 0) is 23.8 Å². The molecule has 5 heteroatoms. The molecule has 128 valence electrons. The number of nitrogens with zero attached hydrogens (tertiary/aromatic N) is 2. The van der Waals surface area contributed by atoms with Crippen LogP contribution in [0.3, 0.4) is 0 Å². The molecule has 0 aromatic carbocycles. The highest BCUT2D eigenvalue weighted by Crippen LogP contribution is 2.32. The molecular weight excluding hydrogens is 288 g/mol. The zero-order chi connectivity index (χ0) is 16.2. The van der Waals surface area contributed by atoms with E-state index in [0.29, 0.717) is 0 Å². The smallest absolute Gasteiger partial charge is 0.225 e. The zero-order valence-electron chi connectivity index (χ0n) is 14.4. The van der Waals surface area contributed by atoms with Gasteiger partial charge in [-0.3, -0.25) is 9.48 Å². The first kappa shape index (κ1) is 16.5. The van der Waals surface area contributed by atoms with Gasteiger partial charge in [0.2, 0.25) is 5.91 Å². The molecule has 1 amide bonds. The Bertz CT molecular complexity index is 527. The van der Waals surface area contributed by atoms with Crippen molar-refractivity contribution in [3.8, 4) is 0 Å². The second-order valence-corrected chi connectivity index (χ2v) is 7.42. The fraction of sp³-hybridized carbons (Fsp3) is 0.778. The van der Waals surface area contributed by atoms with Gasteiger partial charge in [-0.15, -0.1) is 0 Å². The summed E-state index contributed by atoms with van der Waals surface area (Å²) in [5.41, 5.74) is 1.17. The number of amides is 1. The van der Waals surface area contributed by atoms with E-state index in [9.17, 15) is 4.79 Å². The highest BCUT2D eigenvalue weighted by atomic mass is 16.1. The highest BCUT2D eigenvalue weighted by Gasteiger charge is 2.34. The van der Waals surface area contributed by atoms with E-state index in [2.05, 4.69) is 22.7 Å². The lowest BCUT2D eigenvalue weighted by molar-refractivity contribution is -0.124. The molecule has 4 atom stereocenters. The number of carbonyl (C=O) groups excluding carboxylic acids is 1. The topological polar surface area (TPSA) is 59.0 Å². The third-order valence-corrected chi connectivity index (χ3v) is 5.81. The number of nitrogens with one attached hydrogen (secondary N) is 2. The summed E-state index contributed by atoms with van der Waals surface area (Å²) >= 11 is 0. The van der Waals surface area contributed by atoms with Crippen LogP contribution in [0.4, 0.5) is 0 Å². The van der Waals surface area contributed by atoms with Crippen LogP contribution in [0.25, 0.3) is 0 Å². The SMILES string of the molecule is CC1CCCCC1CCNC(=O)[C@H]1CNC[C@@H]1c1cnn(C)c1. The van der Waals surface area contributed by atoms with Crippen LogP contribution in [0.2, 0.25) is 0 Å². The molecule has 1 aromatic heterocycles. The normalized spacial score (nSPS) is 31.2. The lowest BCUT2D eigenvalue weighted by Crippen LogP contribution is -2.36. The fourth-order valence-corrected chi connectivity index (χ4v) is 4.27. The molecule has 1 aliphatic carbocycles. The third kappa shape index (κ3) is 3.94. The lowest BCUT2D eigenvalue weighted by atomic mass is 9.78. The fourth-order valence-electron chi connectivity index (χ4n) is 4.27. The van der Waals surface area contributed by atoms with Crippen LogP contribution in [0.15, 0.2) is 12.4 Å². The number of hydrogen-bond donors (Lipinski definition) is 2. The average Bonchev–Trinajstić information content (AvgIpc) is 3.17. The quantitative estimate of drug-likeness (QED) is 0.873. The summed E-state index contributed by atoms with van der Waals surface area (Å²) in [4.78, 5) is 12.6. The predicted molar refractivity (Wildman–Crippen MR) is 91.1 cm³/mol. The zero-order valence-corrected chi connectivity index (χ0v) is 14.4. The van der Waals surface area contributed by atoms with E-state index in [0.717, 1.165) is 37.9 Å². The maximum absolute atomic E-state index is 12.6. The first-order valence-corrected chi connectivity index (χ1v) is 9.12. The molecule has 23 heavy (non-hydrogen) atoms. The molecular formula is C18H30N4O. The minimum Gasteiger partial charge on any atom is -0.356 e. The monoisotopic (exact) mass is 318 g/mol. The van der Waals surface area contributed by atoms with Crippen LogP contribution in [0.5, 0.6) is 0 Å². The number of aryl methyl sites for hydroxylation is 1. The van der Waals surface area contributed by atoms with Crippen LogP contribution < -0.4 is 10.6 Å². The van der Waals surface area contributed by atoms with Crippen molar-refractivity contribution >= 4 is 5.91 Å². The lowest BCUT2D eigenvalue weighted by Gasteiger charge is -2.29. The molecule has 1 saturated carbocycles. The van der Waals surface area contributed by atoms with E-state index in [1.165, 1.54) is 31.2 Å². The van der Waals surface area contributed by atoms with Crippen molar-refractivity contribution in [2.24, 2.45) is 24.8 Å². The minimum absolute atomic E-state index is 0.0305. The molecule has 2 fully saturated rings. The van der Waals surface area contributed by atoms with Gasteiger partial charge in [0.25, 0.3) is 0 Å². The molecule has 1 aromatic rings. The summed E-state index contributed by atoms with van der Waals surface area (Å²) in [6.07, 6.45) is 10.5. The van der Waals surface area contributed by atoms with Gasteiger partial charge in [0.15, 0.2) is 0 Å². The molecule has 1 aliphatic heterocycles. The summed E-state index contributed by atoms with van der Waals surface area (Å²) in [6, 6.07) is 0. The number of carbonyl (C=O) groups is 1. The van der Waals surface area contributed by atoms with Crippen LogP contribution in [-0.2, 0) is 11.8 Å². The molecule has 2 aliphatic rings. The Hall–Kier alpha value is -1.36. The van der Waals surface area contributed by atoms with Gasteiger partial charge < -0.3 is 10.6 Å². The van der Waals surface area contributed by atoms with Crippen molar-refractivity contribution in [3.63, 3.8) is 0 Å². The van der Waals surface area contributed by atoms with Crippen LogP contribution in [0, 0.1) is 17.8 Å². The van der Waals surface area contributed by atoms with Crippen molar-refractivity contribution in [2.75, 3.05) is 19.6 Å². The second kappa shape index (κ2) is 7.47. The largest absolute Gasteiger partial charge is 0.356 e. The number of aromatic nitrogens is 2. The van der Waals surface area contributed by atoms with Crippen molar-refractivity contribution in [1.29, 1.82) is 0 Å². The maximum Gasteiger partial charge on any atom is 0.225 e. The molecule has 2 heterocycles. The Morgan fingerprint density at radius 3 is 2.96 bits per heavy atom. The van der Waals surface area contributed by atoms with Gasteiger partial charge in [0, 0.05) is 38.8 Å². The molecule has 0 spiro atoms. The van der Waals surface area contributed by atoms with E-state index in [1.54, 1.807) is 0 Å². The average molecular weight is 318 g/mol. The Balaban J connectivity index is 1.49. The molecule has 2 unspecified atom stereocenters. The van der Waals surface area contributed by atoms with E-state index in [4.69, 9.17) is 0 Å². The van der Waals surface area contributed by atoms with E-state index < -0.39 is 0 Å². The summed E-state index contributed by atoms with van der Waals surface area (Å²) in [5.74, 6) is 2.09. The van der Waals surface area contributed by atoms with Crippen molar-refractivity contribution < 1.29 is 4.79 Å².